The molecule has 15 heavy (non-hydrogen) atoms. The number of hydrogen-bond donors (Lipinski definition) is 0. The van der Waals surface area contributed by atoms with Gasteiger partial charge in [-0.3, -0.25) is 0 Å². The fourth-order valence-electron chi connectivity index (χ4n) is 2.97. The number of hydrogen-bond acceptors (Lipinski definition) is 0. The Morgan fingerprint density at radius 2 is 1.73 bits per heavy atom. The molecule has 4 atom stereocenters. The van der Waals surface area contributed by atoms with E-state index in [0.717, 1.165) is 23.7 Å². The Morgan fingerprint density at radius 3 is 2.33 bits per heavy atom. The molecule has 82 valence electrons. The maximum absolute atomic E-state index is 3.36. The van der Waals surface area contributed by atoms with E-state index in [-0.39, 0.29) is 0 Å². The molecule has 0 unspecified atom stereocenters. The van der Waals surface area contributed by atoms with Gasteiger partial charge in [0.1, 0.15) is 0 Å². The summed E-state index contributed by atoms with van der Waals surface area (Å²) in [5, 5.41) is 0. The highest BCUT2D eigenvalue weighted by Gasteiger charge is 2.44. The van der Waals surface area contributed by atoms with Gasteiger partial charge in [0.15, 0.2) is 0 Å². The van der Waals surface area contributed by atoms with Gasteiger partial charge in [-0.15, -0.1) is 19.7 Å². The molecular formula is C15H22. The topological polar surface area (TPSA) is 0 Å². The molecule has 1 saturated carbocycles. The molecule has 0 N–H and O–H groups in total. The van der Waals surface area contributed by atoms with E-state index >= 15 is 0 Å². The zero-order chi connectivity index (χ0) is 11.3. The number of fused-ring (bicyclic) bond motifs is 5. The van der Waals surface area contributed by atoms with Crippen molar-refractivity contribution in [1.29, 1.82) is 0 Å². The molecule has 0 spiro atoms. The molecule has 3 aliphatic carbocycles. The average molecular weight is 202 g/mol. The van der Waals surface area contributed by atoms with Gasteiger partial charge >= 0.3 is 0 Å². The standard InChI is InChI=1S/C10H12.C3H6.C2H4/c1-2-9-7-4-5-8(6-7)10(9)3-1;1-3-2;1-2/h1-2,4-5,7-10H,3,6H2;3H,1H2,2H3;1-2H2/t7-,8+,9-,10+;;/m0../s1. The monoisotopic (exact) mass is 202 g/mol. The quantitative estimate of drug-likeness (QED) is 0.511. The van der Waals surface area contributed by atoms with Crippen molar-refractivity contribution < 1.29 is 0 Å². The van der Waals surface area contributed by atoms with Crippen LogP contribution in [0.2, 0.25) is 0 Å². The molecule has 1 fully saturated rings. The van der Waals surface area contributed by atoms with Crippen LogP contribution >= 0.6 is 0 Å². The third-order valence-electron chi connectivity index (χ3n) is 3.46. The Labute approximate surface area is 94.1 Å². The summed E-state index contributed by atoms with van der Waals surface area (Å²) in [5.41, 5.74) is 0. The van der Waals surface area contributed by atoms with Crippen molar-refractivity contribution in [2.75, 3.05) is 0 Å². The van der Waals surface area contributed by atoms with E-state index in [1.807, 2.05) is 6.92 Å². The Kier molecular flexibility index (Phi) is 4.61. The van der Waals surface area contributed by atoms with Crippen molar-refractivity contribution >= 4 is 0 Å². The van der Waals surface area contributed by atoms with Crippen LogP contribution in [0.1, 0.15) is 19.8 Å². The normalized spacial score (nSPS) is 37.4. The third kappa shape index (κ3) is 2.31. The van der Waals surface area contributed by atoms with Crippen LogP contribution in [-0.4, -0.2) is 0 Å². The van der Waals surface area contributed by atoms with E-state index in [2.05, 4.69) is 44.0 Å². The summed E-state index contributed by atoms with van der Waals surface area (Å²) in [5.74, 6) is 3.82. The summed E-state index contributed by atoms with van der Waals surface area (Å²) in [4.78, 5) is 0. The van der Waals surface area contributed by atoms with Crippen LogP contribution in [0.5, 0.6) is 0 Å². The first-order chi connectivity index (χ1) is 7.36. The van der Waals surface area contributed by atoms with E-state index in [1.54, 1.807) is 6.08 Å². The van der Waals surface area contributed by atoms with Gasteiger partial charge in [-0.1, -0.05) is 30.4 Å². The highest BCUT2D eigenvalue weighted by atomic mass is 14.5. The summed E-state index contributed by atoms with van der Waals surface area (Å²) in [6, 6.07) is 0. The van der Waals surface area contributed by atoms with Gasteiger partial charge in [0, 0.05) is 0 Å². The first-order valence-electron chi connectivity index (χ1n) is 5.79. The van der Waals surface area contributed by atoms with Crippen molar-refractivity contribution in [2.24, 2.45) is 23.7 Å². The molecule has 0 aromatic carbocycles. The molecule has 0 saturated heterocycles. The van der Waals surface area contributed by atoms with Gasteiger partial charge in [0.25, 0.3) is 0 Å². The first-order valence-corrected chi connectivity index (χ1v) is 5.79. The molecule has 0 aromatic rings. The van der Waals surface area contributed by atoms with E-state index in [9.17, 15) is 0 Å². The maximum Gasteiger partial charge on any atom is -0.0133 e. The highest BCUT2D eigenvalue weighted by Crippen LogP contribution is 2.52. The zero-order valence-corrected chi connectivity index (χ0v) is 9.73. The summed E-state index contributed by atoms with van der Waals surface area (Å²) in [6.45, 7) is 11.2. The molecule has 0 aromatic heterocycles. The van der Waals surface area contributed by atoms with E-state index < -0.39 is 0 Å². The second kappa shape index (κ2) is 5.75. The lowest BCUT2D eigenvalue weighted by molar-refractivity contribution is 0.398. The molecule has 2 bridgehead atoms. The van der Waals surface area contributed by atoms with Crippen LogP contribution in [0, 0.1) is 23.7 Å². The van der Waals surface area contributed by atoms with Crippen molar-refractivity contribution in [3.8, 4) is 0 Å². The van der Waals surface area contributed by atoms with Crippen LogP contribution < -0.4 is 0 Å². The molecule has 0 amide bonds. The molecule has 0 nitrogen and oxygen atoms in total. The van der Waals surface area contributed by atoms with Crippen LogP contribution in [0.4, 0.5) is 0 Å². The molecule has 0 heterocycles. The highest BCUT2D eigenvalue weighted by molar-refractivity contribution is 5.21. The van der Waals surface area contributed by atoms with Gasteiger partial charge in [0.05, 0.1) is 0 Å². The fourth-order valence-corrected chi connectivity index (χ4v) is 2.97. The van der Waals surface area contributed by atoms with Crippen molar-refractivity contribution in [3.05, 3.63) is 50.1 Å². The zero-order valence-electron chi connectivity index (χ0n) is 9.73. The Hall–Kier alpha value is -1.04. The molecular weight excluding hydrogens is 180 g/mol. The molecule has 3 aliphatic rings. The predicted octanol–water partition coefficient (Wildman–Crippen LogP) is 4.38. The van der Waals surface area contributed by atoms with Gasteiger partial charge in [0.2, 0.25) is 0 Å². The Balaban J connectivity index is 0.000000198. The fraction of sp³-hybridized carbons (Fsp3) is 0.467. The maximum atomic E-state index is 3.36. The number of rotatable bonds is 0. The van der Waals surface area contributed by atoms with E-state index in [1.165, 1.54) is 12.8 Å². The lowest BCUT2D eigenvalue weighted by Gasteiger charge is -2.18. The third-order valence-corrected chi connectivity index (χ3v) is 3.46. The van der Waals surface area contributed by atoms with Gasteiger partial charge < -0.3 is 0 Å². The molecule has 3 rings (SSSR count). The summed E-state index contributed by atoms with van der Waals surface area (Å²) >= 11 is 0. The van der Waals surface area contributed by atoms with Gasteiger partial charge in [-0.05, 0) is 43.4 Å². The SMILES string of the molecule is C1=C[C@@H]2[C@H](C1)[C@@H]1C=C[C@H]2C1.C=C.C=CC. The van der Waals surface area contributed by atoms with Crippen LogP contribution in [0.3, 0.4) is 0 Å². The van der Waals surface area contributed by atoms with Crippen LogP contribution in [0.15, 0.2) is 50.1 Å². The second-order valence-electron chi connectivity index (χ2n) is 4.26. The molecule has 0 heteroatoms. The van der Waals surface area contributed by atoms with E-state index in [0.29, 0.717) is 0 Å². The summed E-state index contributed by atoms with van der Waals surface area (Å²) < 4.78 is 0. The molecule has 0 aliphatic heterocycles. The number of allylic oxidation sites excluding steroid dienone is 5. The largest absolute Gasteiger partial charge is 0.106 e. The van der Waals surface area contributed by atoms with Crippen molar-refractivity contribution in [2.45, 2.75) is 19.8 Å². The minimum Gasteiger partial charge on any atom is -0.106 e. The van der Waals surface area contributed by atoms with Crippen LogP contribution in [0.25, 0.3) is 0 Å². The minimum absolute atomic E-state index is 0.925. The average Bonchev–Trinajstić information content (AvgIpc) is 2.96. The summed E-state index contributed by atoms with van der Waals surface area (Å²) in [7, 11) is 0. The smallest absolute Gasteiger partial charge is 0.0133 e. The Bertz CT molecular complexity index is 259. The minimum atomic E-state index is 0.925. The van der Waals surface area contributed by atoms with Crippen molar-refractivity contribution in [1.82, 2.24) is 0 Å². The lowest BCUT2D eigenvalue weighted by atomic mass is 9.86. The predicted molar refractivity (Wildman–Crippen MR) is 68.6 cm³/mol. The van der Waals surface area contributed by atoms with Crippen LogP contribution in [-0.2, 0) is 0 Å². The summed E-state index contributed by atoms with van der Waals surface area (Å²) in [6.07, 6.45) is 14.3. The van der Waals surface area contributed by atoms with Crippen molar-refractivity contribution in [3.63, 3.8) is 0 Å². The molecule has 0 radical (unpaired) electrons. The van der Waals surface area contributed by atoms with Gasteiger partial charge in [-0.25, -0.2) is 0 Å². The second-order valence-corrected chi connectivity index (χ2v) is 4.26. The Morgan fingerprint density at radius 1 is 1.13 bits per heavy atom. The lowest BCUT2D eigenvalue weighted by Crippen LogP contribution is -2.12. The van der Waals surface area contributed by atoms with Gasteiger partial charge in [-0.2, -0.15) is 0 Å². The van der Waals surface area contributed by atoms with E-state index in [4.69, 9.17) is 0 Å². The first kappa shape index (κ1) is 12.0.